The summed E-state index contributed by atoms with van der Waals surface area (Å²) in [5.74, 6) is -0.0540. The van der Waals surface area contributed by atoms with Crippen LogP contribution >= 0.6 is 0 Å². The second-order valence-electron chi connectivity index (χ2n) is 3.35. The highest BCUT2D eigenvalue weighted by atomic mass is 32.2. The Morgan fingerprint density at radius 1 is 1.57 bits per heavy atom. The number of rotatable bonds is 3. The minimum Gasteiger partial charge on any atom is -0.356 e. The number of carbonyl (C=O) groups is 1. The van der Waals surface area contributed by atoms with Crippen molar-refractivity contribution in [3.63, 3.8) is 0 Å². The molecular weight excluding hydrogens is 204 g/mol. The second kappa shape index (κ2) is 4.75. The maximum atomic E-state index is 11.5. The van der Waals surface area contributed by atoms with E-state index in [0.29, 0.717) is 19.6 Å². The van der Waals surface area contributed by atoms with Gasteiger partial charge in [-0.3, -0.25) is 4.79 Å². The summed E-state index contributed by atoms with van der Waals surface area (Å²) in [5.41, 5.74) is 0. The third-order valence-corrected chi connectivity index (χ3v) is 4.35. The van der Waals surface area contributed by atoms with Gasteiger partial charge in [0.1, 0.15) is 0 Å². The molecule has 1 aliphatic rings. The lowest BCUT2D eigenvalue weighted by atomic mass is 10.3. The number of hydrogen-bond donors (Lipinski definition) is 2. The van der Waals surface area contributed by atoms with Crippen molar-refractivity contribution in [2.45, 2.75) is 18.6 Å². The summed E-state index contributed by atoms with van der Waals surface area (Å²) in [5, 5.41) is 5.03. The molecule has 1 rings (SSSR count). The first kappa shape index (κ1) is 11.5. The fourth-order valence-electron chi connectivity index (χ4n) is 1.45. The number of carbonyl (C=O) groups excluding carboxylic acids is 1. The maximum absolute atomic E-state index is 11.5. The van der Waals surface area contributed by atoms with Gasteiger partial charge in [-0.1, -0.05) is 0 Å². The van der Waals surface area contributed by atoms with E-state index in [-0.39, 0.29) is 18.1 Å². The molecule has 0 aromatic heterocycles. The van der Waals surface area contributed by atoms with Gasteiger partial charge in [-0.05, 0) is 6.92 Å². The van der Waals surface area contributed by atoms with Gasteiger partial charge in [0.25, 0.3) is 0 Å². The van der Waals surface area contributed by atoms with Crippen LogP contribution < -0.4 is 10.6 Å². The molecule has 0 spiro atoms. The average Bonchev–Trinajstić information content (AvgIpc) is 2.09. The molecule has 5 nitrogen and oxygen atoms in total. The van der Waals surface area contributed by atoms with Crippen LogP contribution in [0, 0.1) is 0 Å². The van der Waals surface area contributed by atoms with Crippen LogP contribution in [0.5, 0.6) is 0 Å². The van der Waals surface area contributed by atoms with Gasteiger partial charge in [0, 0.05) is 26.1 Å². The highest BCUT2D eigenvalue weighted by molar-refractivity contribution is 7.92. The highest BCUT2D eigenvalue weighted by Crippen LogP contribution is 2.09. The summed E-state index contributed by atoms with van der Waals surface area (Å²) >= 11 is 0. The van der Waals surface area contributed by atoms with E-state index in [1.807, 2.05) is 6.92 Å². The Bertz CT molecular complexity index is 300. The molecule has 0 radical (unpaired) electrons. The first-order valence-corrected chi connectivity index (χ1v) is 6.47. The predicted octanol–water partition coefficient (Wildman–Crippen LogP) is -1.10. The Morgan fingerprint density at radius 2 is 2.29 bits per heavy atom. The summed E-state index contributed by atoms with van der Waals surface area (Å²) in [6.45, 7) is 3.23. The van der Waals surface area contributed by atoms with Gasteiger partial charge in [-0.2, -0.15) is 0 Å². The van der Waals surface area contributed by atoms with Gasteiger partial charge in [-0.15, -0.1) is 0 Å². The normalized spacial score (nSPS) is 25.6. The molecule has 6 heteroatoms. The lowest BCUT2D eigenvalue weighted by molar-refractivity contribution is -0.121. The Kier molecular flexibility index (Phi) is 3.88. The molecule has 1 atom stereocenters. The van der Waals surface area contributed by atoms with Crippen LogP contribution in [0.4, 0.5) is 0 Å². The smallest absolute Gasteiger partial charge is 0.221 e. The van der Waals surface area contributed by atoms with Gasteiger partial charge in [0.05, 0.1) is 11.0 Å². The van der Waals surface area contributed by atoms with Crippen LogP contribution in [0.15, 0.2) is 0 Å². The summed E-state index contributed by atoms with van der Waals surface area (Å²) in [6, 6.07) is 0. The molecule has 0 saturated carbocycles. The average molecular weight is 220 g/mol. The zero-order valence-corrected chi connectivity index (χ0v) is 9.06. The molecule has 82 valence electrons. The van der Waals surface area contributed by atoms with Crippen LogP contribution in [0.2, 0.25) is 0 Å². The molecule has 0 aromatic rings. The van der Waals surface area contributed by atoms with Crippen molar-refractivity contribution in [1.82, 2.24) is 10.6 Å². The van der Waals surface area contributed by atoms with Crippen LogP contribution in [-0.4, -0.2) is 45.0 Å². The third-order valence-electron chi connectivity index (χ3n) is 2.23. The van der Waals surface area contributed by atoms with E-state index in [1.165, 1.54) is 0 Å². The molecule has 1 fully saturated rings. The van der Waals surface area contributed by atoms with E-state index in [0.717, 1.165) is 0 Å². The minimum absolute atomic E-state index is 0.0726. The molecule has 1 heterocycles. The molecular formula is C8H16N2O3S. The fourth-order valence-corrected chi connectivity index (χ4v) is 2.99. The fraction of sp³-hybridized carbons (Fsp3) is 0.875. The second-order valence-corrected chi connectivity index (χ2v) is 5.75. The Labute approximate surface area is 84.2 Å². The van der Waals surface area contributed by atoms with Crippen molar-refractivity contribution in [3.05, 3.63) is 0 Å². The molecule has 1 unspecified atom stereocenters. The summed E-state index contributed by atoms with van der Waals surface area (Å²) in [6.07, 6.45) is 0.0726. The van der Waals surface area contributed by atoms with E-state index >= 15 is 0 Å². The van der Waals surface area contributed by atoms with E-state index in [1.54, 1.807) is 0 Å². The zero-order valence-electron chi connectivity index (χ0n) is 8.25. The SMILES string of the molecule is CCNC(=O)CC1CNCCS1(=O)=O. The zero-order chi connectivity index (χ0) is 10.6. The molecule has 1 saturated heterocycles. The monoisotopic (exact) mass is 220 g/mol. The lowest BCUT2D eigenvalue weighted by Crippen LogP contribution is -2.46. The van der Waals surface area contributed by atoms with Gasteiger partial charge >= 0.3 is 0 Å². The third kappa shape index (κ3) is 2.95. The summed E-state index contributed by atoms with van der Waals surface area (Å²) in [4.78, 5) is 11.2. The molecule has 2 N–H and O–H groups in total. The Balaban J connectivity index is 2.54. The standard InChI is InChI=1S/C8H16N2O3S/c1-2-10-8(11)5-7-6-9-3-4-14(7,12)13/h7,9H,2-6H2,1H3,(H,10,11). The molecule has 1 aliphatic heterocycles. The summed E-state index contributed by atoms with van der Waals surface area (Å²) in [7, 11) is -3.06. The molecule has 0 aromatic carbocycles. The topological polar surface area (TPSA) is 75.3 Å². The highest BCUT2D eigenvalue weighted by Gasteiger charge is 2.30. The van der Waals surface area contributed by atoms with Crippen molar-refractivity contribution < 1.29 is 13.2 Å². The first-order valence-electron chi connectivity index (χ1n) is 4.75. The van der Waals surface area contributed by atoms with E-state index in [4.69, 9.17) is 0 Å². The lowest BCUT2D eigenvalue weighted by Gasteiger charge is -2.22. The van der Waals surface area contributed by atoms with Crippen molar-refractivity contribution in [2.75, 3.05) is 25.4 Å². The van der Waals surface area contributed by atoms with Crippen molar-refractivity contribution in [1.29, 1.82) is 0 Å². The van der Waals surface area contributed by atoms with Crippen LogP contribution in [0.25, 0.3) is 0 Å². The Morgan fingerprint density at radius 3 is 2.86 bits per heavy atom. The van der Waals surface area contributed by atoms with E-state index < -0.39 is 15.1 Å². The van der Waals surface area contributed by atoms with Crippen LogP contribution in [0.3, 0.4) is 0 Å². The van der Waals surface area contributed by atoms with Crippen molar-refractivity contribution in [3.8, 4) is 0 Å². The summed E-state index contributed by atoms with van der Waals surface area (Å²) < 4.78 is 23.0. The van der Waals surface area contributed by atoms with E-state index in [9.17, 15) is 13.2 Å². The number of hydrogen-bond acceptors (Lipinski definition) is 4. The largest absolute Gasteiger partial charge is 0.356 e. The predicted molar refractivity (Wildman–Crippen MR) is 53.7 cm³/mol. The molecule has 0 aliphatic carbocycles. The maximum Gasteiger partial charge on any atom is 0.221 e. The minimum atomic E-state index is -3.06. The number of sulfone groups is 1. The quantitative estimate of drug-likeness (QED) is 0.633. The molecule has 1 amide bonds. The van der Waals surface area contributed by atoms with Gasteiger partial charge in [0.2, 0.25) is 5.91 Å². The Hall–Kier alpha value is -0.620. The van der Waals surface area contributed by atoms with Crippen LogP contribution in [0.1, 0.15) is 13.3 Å². The van der Waals surface area contributed by atoms with Gasteiger partial charge < -0.3 is 10.6 Å². The number of amides is 1. The first-order chi connectivity index (χ1) is 6.56. The van der Waals surface area contributed by atoms with Gasteiger partial charge in [0.15, 0.2) is 9.84 Å². The van der Waals surface area contributed by atoms with E-state index in [2.05, 4.69) is 10.6 Å². The van der Waals surface area contributed by atoms with Gasteiger partial charge in [-0.25, -0.2) is 8.42 Å². The number of nitrogens with one attached hydrogen (secondary N) is 2. The molecule has 0 bridgehead atoms. The molecule has 14 heavy (non-hydrogen) atoms. The van der Waals surface area contributed by atoms with Crippen LogP contribution in [-0.2, 0) is 14.6 Å². The van der Waals surface area contributed by atoms with Crippen molar-refractivity contribution >= 4 is 15.7 Å². The van der Waals surface area contributed by atoms with Crippen molar-refractivity contribution in [2.24, 2.45) is 0 Å².